The molecule has 1 N–H and O–H groups in total. The fourth-order valence-corrected chi connectivity index (χ4v) is 7.16. The van der Waals surface area contributed by atoms with Gasteiger partial charge in [0.2, 0.25) is 5.91 Å². The van der Waals surface area contributed by atoms with Crippen molar-refractivity contribution in [1.29, 1.82) is 0 Å². The van der Waals surface area contributed by atoms with Crippen LogP contribution in [0.25, 0.3) is 32.9 Å². The number of anilines is 1. The zero-order chi connectivity index (χ0) is 32.3. The summed E-state index contributed by atoms with van der Waals surface area (Å²) in [7, 11) is 2.04. The van der Waals surface area contributed by atoms with Crippen molar-refractivity contribution >= 4 is 45.1 Å². The first-order chi connectivity index (χ1) is 22.1. The lowest BCUT2D eigenvalue weighted by Gasteiger charge is -2.44. The molecule has 3 atom stereocenters. The number of aryl methyl sites for hydroxylation is 1. The number of carbonyl (C=O) groups is 1. The maximum Gasteiger partial charge on any atom is 0.319 e. The summed E-state index contributed by atoms with van der Waals surface area (Å²) in [5.41, 5.74) is 3.82. The lowest BCUT2D eigenvalue weighted by atomic mass is 9.93. The molecule has 242 valence electrons. The van der Waals surface area contributed by atoms with Gasteiger partial charge in [-0.15, -0.1) is 0 Å². The van der Waals surface area contributed by atoms with E-state index in [1.165, 1.54) is 6.08 Å². The second-order valence-electron chi connectivity index (χ2n) is 12.9. The molecule has 1 saturated carbocycles. The average Bonchev–Trinajstić information content (AvgIpc) is 3.80. The number of piperazine rings is 1. The van der Waals surface area contributed by atoms with E-state index in [2.05, 4.69) is 31.6 Å². The Bertz CT molecular complexity index is 1840. The fraction of sp³-hybridized carbons (Fsp3) is 0.471. The molecule has 0 bridgehead atoms. The molecule has 1 amide bonds. The number of nitrogens with one attached hydrogen (secondary N) is 1. The highest BCUT2D eigenvalue weighted by Gasteiger charge is 2.35. The molecule has 46 heavy (non-hydrogen) atoms. The third-order valence-electron chi connectivity index (χ3n) is 9.48. The van der Waals surface area contributed by atoms with E-state index in [-0.39, 0.29) is 52.8 Å². The van der Waals surface area contributed by atoms with Crippen molar-refractivity contribution in [1.82, 2.24) is 30.0 Å². The Morgan fingerprint density at radius 2 is 2.00 bits per heavy atom. The molecule has 2 saturated heterocycles. The monoisotopic (exact) mass is 647 g/mol. The Kier molecular flexibility index (Phi) is 8.11. The highest BCUT2D eigenvalue weighted by atomic mass is 35.5. The number of carbonyl (C=O) groups excluding carboxylic acids is 1. The number of halogens is 2. The van der Waals surface area contributed by atoms with Gasteiger partial charge >= 0.3 is 6.01 Å². The number of hydrogen-bond acceptors (Lipinski definition) is 8. The largest absolute Gasteiger partial charge is 0.461 e. The van der Waals surface area contributed by atoms with Crippen LogP contribution in [0.15, 0.2) is 30.9 Å². The second kappa shape index (κ2) is 12.1. The zero-order valence-corrected chi connectivity index (χ0v) is 27.4. The van der Waals surface area contributed by atoms with Crippen molar-refractivity contribution in [2.75, 3.05) is 51.3 Å². The van der Waals surface area contributed by atoms with Gasteiger partial charge in [0, 0.05) is 66.1 Å². The van der Waals surface area contributed by atoms with Crippen LogP contribution in [0.5, 0.6) is 6.01 Å². The number of morpholine rings is 1. The molecule has 2 aromatic heterocycles. The summed E-state index contributed by atoms with van der Waals surface area (Å²) in [5.74, 6) is 0.197. The SMILES string of the molecule is C=CC(=O)N1C[C@H](C)N(c2nc(OCC3CN(C)CCO3)nc3c(F)c(-c4c(C)ccc5[nH]nc(C6CC6)c45)c(Cl)cc23)C[C@H]1C. The third-order valence-corrected chi connectivity index (χ3v) is 9.78. The Morgan fingerprint density at radius 3 is 2.74 bits per heavy atom. The van der Waals surface area contributed by atoms with Crippen molar-refractivity contribution in [3.8, 4) is 17.1 Å². The van der Waals surface area contributed by atoms with E-state index in [1.807, 2.05) is 40.0 Å². The van der Waals surface area contributed by atoms with Gasteiger partial charge in [0.1, 0.15) is 24.0 Å². The molecule has 7 rings (SSSR count). The molecule has 1 aliphatic carbocycles. The number of amides is 1. The van der Waals surface area contributed by atoms with E-state index < -0.39 is 5.82 Å². The van der Waals surface area contributed by atoms with Gasteiger partial charge in [0.05, 0.1) is 22.8 Å². The molecular weight excluding hydrogens is 609 g/mol. The number of aromatic nitrogens is 4. The summed E-state index contributed by atoms with van der Waals surface area (Å²) < 4.78 is 29.2. The van der Waals surface area contributed by atoms with Crippen LogP contribution in [-0.2, 0) is 9.53 Å². The molecule has 10 nitrogen and oxygen atoms in total. The number of fused-ring (bicyclic) bond motifs is 2. The number of benzene rings is 2. The molecule has 0 radical (unpaired) electrons. The van der Waals surface area contributed by atoms with Crippen molar-refractivity contribution in [2.24, 2.45) is 0 Å². The molecule has 2 aromatic carbocycles. The minimum atomic E-state index is -0.538. The summed E-state index contributed by atoms with van der Waals surface area (Å²) >= 11 is 7.04. The number of H-pyrrole nitrogens is 1. The fourth-order valence-electron chi connectivity index (χ4n) is 6.87. The molecule has 1 unspecified atom stereocenters. The van der Waals surface area contributed by atoms with Crippen LogP contribution in [0.2, 0.25) is 5.02 Å². The summed E-state index contributed by atoms with van der Waals surface area (Å²) in [6.45, 7) is 12.9. The molecule has 3 fully saturated rings. The van der Waals surface area contributed by atoms with E-state index in [0.29, 0.717) is 43.4 Å². The van der Waals surface area contributed by atoms with Gasteiger partial charge in [-0.1, -0.05) is 24.2 Å². The van der Waals surface area contributed by atoms with Crippen molar-refractivity contribution in [3.63, 3.8) is 0 Å². The summed E-state index contributed by atoms with van der Waals surface area (Å²) in [4.78, 5) is 28.2. The van der Waals surface area contributed by atoms with Crippen LogP contribution in [0.4, 0.5) is 10.2 Å². The van der Waals surface area contributed by atoms with Gasteiger partial charge in [-0.05, 0) is 64.4 Å². The van der Waals surface area contributed by atoms with E-state index in [0.717, 1.165) is 47.1 Å². The van der Waals surface area contributed by atoms with E-state index in [1.54, 1.807) is 11.0 Å². The molecule has 4 aromatic rings. The van der Waals surface area contributed by atoms with E-state index >= 15 is 4.39 Å². The maximum absolute atomic E-state index is 17.2. The predicted molar refractivity (Wildman–Crippen MR) is 177 cm³/mol. The number of likely N-dealkylation sites (N-methyl/N-ethyl adjacent to an activating group) is 1. The first-order valence-corrected chi connectivity index (χ1v) is 16.3. The normalized spacial score (nSPS) is 22.5. The van der Waals surface area contributed by atoms with Gasteiger partial charge < -0.3 is 24.2 Å². The summed E-state index contributed by atoms with van der Waals surface area (Å²) in [5, 5.41) is 9.41. The van der Waals surface area contributed by atoms with Crippen LogP contribution < -0.4 is 9.64 Å². The zero-order valence-electron chi connectivity index (χ0n) is 26.6. The highest BCUT2D eigenvalue weighted by Crippen LogP contribution is 2.48. The van der Waals surface area contributed by atoms with Crippen LogP contribution in [0, 0.1) is 12.7 Å². The number of rotatable bonds is 7. The lowest BCUT2D eigenvalue weighted by molar-refractivity contribution is -0.128. The minimum Gasteiger partial charge on any atom is -0.461 e. The Hall–Kier alpha value is -3.80. The standard InChI is InChI=1S/C34H39ClFN7O3/c1-6-26(44)42-14-20(4)43(15-19(42)3)33-23-13-24(35)28(27-18(2)7-10-25-29(27)31(40-39-25)21-8-9-21)30(36)32(23)37-34(38-33)46-17-22-16-41(5)11-12-45-22/h6-7,10,13,19-22H,1,8-9,11-12,14-17H2,2-5H3,(H,39,40)/t19-,20+,22?/m1/s1. The quantitative estimate of drug-likeness (QED) is 0.264. The number of nitrogens with zero attached hydrogens (tertiary/aromatic N) is 6. The van der Waals surface area contributed by atoms with Crippen LogP contribution in [0.3, 0.4) is 0 Å². The topological polar surface area (TPSA) is 99.7 Å². The van der Waals surface area contributed by atoms with Gasteiger partial charge in [0.15, 0.2) is 5.82 Å². The van der Waals surface area contributed by atoms with Crippen LogP contribution in [0.1, 0.15) is 43.9 Å². The molecule has 0 spiro atoms. The lowest BCUT2D eigenvalue weighted by Crippen LogP contribution is -2.58. The number of hydrogen-bond donors (Lipinski definition) is 1. The molecule has 2 aliphatic heterocycles. The van der Waals surface area contributed by atoms with Gasteiger partial charge in [-0.25, -0.2) is 4.39 Å². The Labute approximate surface area is 272 Å². The summed E-state index contributed by atoms with van der Waals surface area (Å²) in [6, 6.07) is 5.50. The number of ether oxygens (including phenoxy) is 2. The van der Waals surface area contributed by atoms with Gasteiger partial charge in [0.25, 0.3) is 0 Å². The van der Waals surface area contributed by atoms with Crippen molar-refractivity contribution in [2.45, 2.75) is 57.7 Å². The molecule has 3 aliphatic rings. The van der Waals surface area contributed by atoms with Crippen LogP contribution >= 0.6 is 11.6 Å². The maximum atomic E-state index is 17.2. The average molecular weight is 648 g/mol. The smallest absolute Gasteiger partial charge is 0.319 e. The third kappa shape index (κ3) is 5.48. The molecule has 4 heterocycles. The highest BCUT2D eigenvalue weighted by molar-refractivity contribution is 6.35. The minimum absolute atomic E-state index is 0.0628. The first-order valence-electron chi connectivity index (χ1n) is 15.9. The molecule has 12 heteroatoms. The Morgan fingerprint density at radius 1 is 1.20 bits per heavy atom. The van der Waals surface area contributed by atoms with Crippen molar-refractivity contribution < 1.29 is 18.7 Å². The Balaban J connectivity index is 1.37. The van der Waals surface area contributed by atoms with Gasteiger partial charge in [-0.2, -0.15) is 15.1 Å². The van der Waals surface area contributed by atoms with E-state index in [9.17, 15) is 4.79 Å². The number of aromatic amines is 1. The van der Waals surface area contributed by atoms with Crippen molar-refractivity contribution in [3.05, 3.63) is 53.0 Å². The second-order valence-corrected chi connectivity index (χ2v) is 13.4. The first kappa shape index (κ1) is 30.8. The van der Waals surface area contributed by atoms with Gasteiger partial charge in [-0.3, -0.25) is 9.89 Å². The summed E-state index contributed by atoms with van der Waals surface area (Å²) in [6.07, 6.45) is 3.29. The van der Waals surface area contributed by atoms with E-state index in [4.69, 9.17) is 26.1 Å². The predicted octanol–water partition coefficient (Wildman–Crippen LogP) is 5.47. The van der Waals surface area contributed by atoms with Crippen LogP contribution in [-0.4, -0.2) is 101 Å². The molecular formula is C34H39ClFN7O3.